The molecule has 166 valence electrons. The fourth-order valence-electron chi connectivity index (χ4n) is 4.08. The summed E-state index contributed by atoms with van der Waals surface area (Å²) in [4.78, 5) is 40.8. The Hall–Kier alpha value is -4.06. The lowest BCUT2D eigenvalue weighted by Gasteiger charge is -2.35. The number of fused-ring (bicyclic) bond motifs is 2. The van der Waals surface area contributed by atoms with E-state index in [0.717, 1.165) is 0 Å². The van der Waals surface area contributed by atoms with Crippen LogP contribution in [-0.2, 0) is 34.0 Å². The van der Waals surface area contributed by atoms with Crippen LogP contribution in [0.1, 0.15) is 25.8 Å². The molecule has 1 aromatic rings. The van der Waals surface area contributed by atoms with Gasteiger partial charge in [0.05, 0.1) is 13.2 Å². The van der Waals surface area contributed by atoms with Crippen LogP contribution in [0.5, 0.6) is 0 Å². The molecule has 0 radical (unpaired) electrons. The SMILES string of the molecule is C=CCN1C(=O)[C@]2(C(C#N)=C(N)OC(CC(=O)OCC)=C2C(=O)OCC)c2ccccc21. The van der Waals surface area contributed by atoms with Crippen LogP contribution in [0.4, 0.5) is 5.69 Å². The minimum Gasteiger partial charge on any atom is -0.466 e. The average molecular weight is 437 g/mol. The fourth-order valence-corrected chi connectivity index (χ4v) is 4.08. The highest BCUT2D eigenvalue weighted by molar-refractivity contribution is 6.18. The number of nitrogens with zero attached hydrogens (tertiary/aromatic N) is 2. The lowest BCUT2D eigenvalue weighted by molar-refractivity contribution is -0.143. The van der Waals surface area contributed by atoms with Crippen molar-refractivity contribution in [3.8, 4) is 6.07 Å². The first-order valence-corrected chi connectivity index (χ1v) is 10.0. The predicted molar refractivity (Wildman–Crippen MR) is 113 cm³/mol. The summed E-state index contributed by atoms with van der Waals surface area (Å²) in [6, 6.07) is 8.68. The molecule has 2 aliphatic rings. The van der Waals surface area contributed by atoms with Gasteiger partial charge in [-0.05, 0) is 19.9 Å². The Labute approximate surface area is 185 Å². The van der Waals surface area contributed by atoms with Crippen molar-refractivity contribution in [3.63, 3.8) is 0 Å². The third kappa shape index (κ3) is 3.30. The maximum absolute atomic E-state index is 13.9. The van der Waals surface area contributed by atoms with Gasteiger partial charge in [-0.15, -0.1) is 6.58 Å². The van der Waals surface area contributed by atoms with Gasteiger partial charge < -0.3 is 24.8 Å². The van der Waals surface area contributed by atoms with Crippen LogP contribution in [0.15, 0.2) is 59.7 Å². The molecule has 0 aromatic heterocycles. The number of nitrogens with two attached hydrogens (primary N) is 1. The van der Waals surface area contributed by atoms with Gasteiger partial charge in [-0.25, -0.2) is 4.79 Å². The number of anilines is 1. The van der Waals surface area contributed by atoms with Crippen molar-refractivity contribution in [2.75, 3.05) is 24.7 Å². The predicted octanol–water partition coefficient (Wildman–Crippen LogP) is 1.95. The number of carbonyl (C=O) groups is 3. The van der Waals surface area contributed by atoms with Gasteiger partial charge >= 0.3 is 11.9 Å². The number of rotatable bonds is 7. The highest BCUT2D eigenvalue weighted by Crippen LogP contribution is 2.54. The quantitative estimate of drug-likeness (QED) is 0.506. The van der Waals surface area contributed by atoms with Gasteiger partial charge in [0.15, 0.2) is 5.41 Å². The van der Waals surface area contributed by atoms with Crippen LogP contribution < -0.4 is 10.6 Å². The van der Waals surface area contributed by atoms with E-state index < -0.39 is 29.7 Å². The Kier molecular flexibility index (Phi) is 6.35. The standard InChI is InChI=1S/C23H23N3O6/c1-4-11-26-16-10-8-7-9-14(16)23(22(26)29)15(13-24)20(25)32-17(12-18(27)30-5-2)19(23)21(28)31-6-3/h4,7-10H,1,5-6,11-12,25H2,2-3H3/t23-/m0/s1. The van der Waals surface area contributed by atoms with Gasteiger partial charge in [0.2, 0.25) is 11.8 Å². The third-order valence-electron chi connectivity index (χ3n) is 5.19. The summed E-state index contributed by atoms with van der Waals surface area (Å²) in [5.74, 6) is -2.73. The molecular weight excluding hydrogens is 414 g/mol. The number of hydrogen-bond acceptors (Lipinski definition) is 8. The van der Waals surface area contributed by atoms with E-state index in [1.54, 1.807) is 38.1 Å². The second-order valence-corrected chi connectivity index (χ2v) is 6.93. The molecule has 0 bridgehead atoms. The summed E-state index contributed by atoms with van der Waals surface area (Å²) >= 11 is 0. The first-order chi connectivity index (χ1) is 15.4. The largest absolute Gasteiger partial charge is 0.466 e. The van der Waals surface area contributed by atoms with Crippen LogP contribution in [0.2, 0.25) is 0 Å². The second kappa shape index (κ2) is 8.98. The summed E-state index contributed by atoms with van der Waals surface area (Å²) in [5, 5.41) is 10.0. The second-order valence-electron chi connectivity index (χ2n) is 6.93. The van der Waals surface area contributed by atoms with Crippen molar-refractivity contribution in [2.45, 2.75) is 25.7 Å². The molecule has 1 atom stereocenters. The highest BCUT2D eigenvalue weighted by Gasteiger charge is 2.62. The zero-order valence-electron chi connectivity index (χ0n) is 17.8. The van der Waals surface area contributed by atoms with Crippen LogP contribution in [0.3, 0.4) is 0 Å². The van der Waals surface area contributed by atoms with Crippen molar-refractivity contribution < 1.29 is 28.6 Å². The summed E-state index contributed by atoms with van der Waals surface area (Å²) in [5.41, 5.74) is 4.47. The Morgan fingerprint density at radius 3 is 2.59 bits per heavy atom. The van der Waals surface area contributed by atoms with Crippen molar-refractivity contribution in [2.24, 2.45) is 5.73 Å². The summed E-state index contributed by atoms with van der Waals surface area (Å²) in [6.07, 6.45) is 1.06. The van der Waals surface area contributed by atoms with Crippen molar-refractivity contribution in [1.82, 2.24) is 0 Å². The molecule has 9 nitrogen and oxygen atoms in total. The third-order valence-corrected chi connectivity index (χ3v) is 5.19. The summed E-state index contributed by atoms with van der Waals surface area (Å²) in [6.45, 7) is 7.16. The molecule has 2 heterocycles. The monoisotopic (exact) mass is 437 g/mol. The molecule has 2 N–H and O–H groups in total. The molecule has 0 unspecified atom stereocenters. The van der Waals surface area contributed by atoms with Gasteiger partial charge in [-0.2, -0.15) is 5.26 Å². The van der Waals surface area contributed by atoms with E-state index in [9.17, 15) is 19.6 Å². The van der Waals surface area contributed by atoms with E-state index in [4.69, 9.17) is 19.9 Å². The Balaban J connectivity index is 2.40. The van der Waals surface area contributed by atoms with Crippen molar-refractivity contribution in [3.05, 3.63) is 65.3 Å². The number of amides is 1. The van der Waals surface area contributed by atoms with E-state index in [0.29, 0.717) is 11.3 Å². The normalized spacial score (nSPS) is 19.4. The van der Waals surface area contributed by atoms with Gasteiger partial charge in [0.25, 0.3) is 0 Å². The molecule has 0 saturated carbocycles. The zero-order valence-corrected chi connectivity index (χ0v) is 17.8. The van der Waals surface area contributed by atoms with Gasteiger partial charge in [0, 0.05) is 17.8 Å². The topological polar surface area (TPSA) is 132 Å². The van der Waals surface area contributed by atoms with Crippen LogP contribution >= 0.6 is 0 Å². The highest BCUT2D eigenvalue weighted by atomic mass is 16.5. The molecule has 32 heavy (non-hydrogen) atoms. The molecule has 0 saturated heterocycles. The molecule has 9 heteroatoms. The van der Waals surface area contributed by atoms with Crippen molar-refractivity contribution >= 4 is 23.5 Å². The Morgan fingerprint density at radius 2 is 1.97 bits per heavy atom. The lowest BCUT2D eigenvalue weighted by atomic mass is 9.68. The molecule has 1 aromatic carbocycles. The minimum absolute atomic E-state index is 0.00159. The smallest absolute Gasteiger partial charge is 0.339 e. The van der Waals surface area contributed by atoms with E-state index >= 15 is 0 Å². The number of hydrogen-bond donors (Lipinski definition) is 1. The molecule has 0 fully saturated rings. The maximum Gasteiger partial charge on any atom is 0.339 e. The van der Waals surface area contributed by atoms with Crippen LogP contribution in [0, 0.1) is 11.3 Å². The van der Waals surface area contributed by atoms with Crippen molar-refractivity contribution in [1.29, 1.82) is 5.26 Å². The van der Waals surface area contributed by atoms with E-state index in [1.165, 1.54) is 11.0 Å². The Bertz CT molecular complexity index is 1100. The van der Waals surface area contributed by atoms with Crippen LogP contribution in [0.25, 0.3) is 0 Å². The Morgan fingerprint density at radius 1 is 1.28 bits per heavy atom. The zero-order chi connectivity index (χ0) is 23.5. The number of carbonyl (C=O) groups excluding carboxylic acids is 3. The van der Waals surface area contributed by atoms with Gasteiger partial charge in [0.1, 0.15) is 29.4 Å². The molecule has 2 aliphatic heterocycles. The average Bonchev–Trinajstić information content (AvgIpc) is 2.98. The number of nitriles is 1. The number of benzene rings is 1. The van der Waals surface area contributed by atoms with E-state index in [2.05, 4.69) is 6.58 Å². The van der Waals surface area contributed by atoms with Gasteiger partial charge in [-0.3, -0.25) is 9.59 Å². The minimum atomic E-state index is -1.93. The van der Waals surface area contributed by atoms with E-state index in [-0.39, 0.29) is 42.5 Å². The summed E-state index contributed by atoms with van der Waals surface area (Å²) in [7, 11) is 0. The number of esters is 2. The number of para-hydroxylation sites is 1. The van der Waals surface area contributed by atoms with E-state index in [1.807, 2.05) is 6.07 Å². The van der Waals surface area contributed by atoms with Crippen LogP contribution in [-0.4, -0.2) is 37.6 Å². The van der Waals surface area contributed by atoms with Gasteiger partial charge in [-0.1, -0.05) is 24.3 Å². The number of ether oxygens (including phenoxy) is 3. The molecule has 3 rings (SSSR count). The molecular formula is C23H23N3O6. The fraction of sp³-hybridized carbons (Fsp3) is 0.304. The lowest BCUT2D eigenvalue weighted by Crippen LogP contribution is -2.49. The summed E-state index contributed by atoms with van der Waals surface area (Å²) < 4.78 is 15.8. The molecule has 1 amide bonds. The first kappa shape index (κ1) is 22.6. The first-order valence-electron chi connectivity index (χ1n) is 10.0. The molecule has 0 aliphatic carbocycles. The maximum atomic E-state index is 13.9. The molecule has 1 spiro atoms.